The summed E-state index contributed by atoms with van der Waals surface area (Å²) in [6.45, 7) is 18.7. The number of hydrogen-bond acceptors (Lipinski definition) is 16. The number of anilines is 1. The quantitative estimate of drug-likeness (QED) is 0.125. The van der Waals surface area contributed by atoms with Crippen LogP contribution in [0.2, 0.25) is 5.02 Å². The highest BCUT2D eigenvalue weighted by molar-refractivity contribution is 6.31. The van der Waals surface area contributed by atoms with Crippen LogP contribution in [0.15, 0.2) is 30.5 Å². The number of rotatable bonds is 9. The first-order valence-corrected chi connectivity index (χ1v) is 23.0. The summed E-state index contributed by atoms with van der Waals surface area (Å²) >= 11 is 6.19. The van der Waals surface area contributed by atoms with Crippen LogP contribution >= 0.6 is 11.6 Å². The molecular weight excluding hydrogens is 896 g/mol. The molecule has 14 atom stereocenters. The van der Waals surface area contributed by atoms with Gasteiger partial charge >= 0.3 is 5.97 Å². The highest BCUT2D eigenvalue weighted by Gasteiger charge is 2.50. The summed E-state index contributed by atoms with van der Waals surface area (Å²) in [6, 6.07) is 6.64. The zero-order chi connectivity index (χ0) is 51.7. The number of aliphatic hydroxyl groups is 5. The minimum absolute atomic E-state index is 0.181. The Morgan fingerprint density at radius 3 is 2.06 bits per heavy atom. The number of fused-ring (bicyclic) bond motifs is 1. The zero-order valence-electron chi connectivity index (χ0n) is 41.4. The molecule has 3 heterocycles. The maximum atomic E-state index is 13.7. The lowest BCUT2D eigenvalue weighted by atomic mass is 9.78. The predicted molar refractivity (Wildman–Crippen MR) is 254 cm³/mol. The SMILES string of the molecule is CC(=O)O.CC(=O)O.CC(=O)O.CC[C@H]1OC(=O)[C@H](C)[C@@H](O)[C@H](C)[C@@H](O[C@@H]2O[C@H](C)C[C@H](N(C)C)[C@H]2O)[C@](C)(O)C[C@@H](C)CN(CCCNc2ccnc3cc(Cl)ccc23)[C@H](C)[C@@H](O)[C@]1(C)O. The number of aromatic nitrogens is 1. The number of nitrogens with zero attached hydrogens (tertiary/aromatic N) is 3. The van der Waals surface area contributed by atoms with Crippen molar-refractivity contribution in [1.82, 2.24) is 14.8 Å². The van der Waals surface area contributed by atoms with Crippen molar-refractivity contribution in [3.8, 4) is 0 Å². The van der Waals surface area contributed by atoms with Crippen LogP contribution in [-0.4, -0.2) is 179 Å². The zero-order valence-corrected chi connectivity index (χ0v) is 42.2. The van der Waals surface area contributed by atoms with Gasteiger partial charge in [0.2, 0.25) is 0 Å². The second-order valence-electron chi connectivity index (χ2n) is 18.5. The molecule has 2 aliphatic rings. The minimum atomic E-state index is -1.83. The summed E-state index contributed by atoms with van der Waals surface area (Å²) in [5.74, 6) is -5.34. The molecule has 2 aliphatic heterocycles. The second kappa shape index (κ2) is 28.0. The molecule has 4 rings (SSSR count). The Balaban J connectivity index is 0.00000167. The molecular formula is C47H79ClN4O15. The van der Waals surface area contributed by atoms with Crippen LogP contribution in [0.25, 0.3) is 10.9 Å². The minimum Gasteiger partial charge on any atom is -0.481 e. The van der Waals surface area contributed by atoms with Crippen molar-refractivity contribution in [3.05, 3.63) is 35.5 Å². The molecule has 1 aromatic carbocycles. The van der Waals surface area contributed by atoms with Crippen molar-refractivity contribution in [2.75, 3.05) is 39.0 Å². The lowest BCUT2D eigenvalue weighted by molar-refractivity contribution is -0.299. The molecule has 19 nitrogen and oxygen atoms in total. The summed E-state index contributed by atoms with van der Waals surface area (Å²) in [6.07, 6.45) is -3.79. The fourth-order valence-corrected chi connectivity index (χ4v) is 8.85. The maximum absolute atomic E-state index is 13.7. The van der Waals surface area contributed by atoms with Gasteiger partial charge in [0.25, 0.3) is 17.9 Å². The Hall–Kier alpha value is -3.76. The van der Waals surface area contributed by atoms with Gasteiger partial charge in [-0.1, -0.05) is 32.4 Å². The number of cyclic esters (lactones) is 1. The van der Waals surface area contributed by atoms with Crippen molar-refractivity contribution >= 4 is 52.1 Å². The lowest BCUT2D eigenvalue weighted by Gasteiger charge is -2.46. The van der Waals surface area contributed by atoms with Crippen molar-refractivity contribution in [2.24, 2.45) is 17.8 Å². The Morgan fingerprint density at radius 2 is 1.52 bits per heavy atom. The third-order valence-corrected chi connectivity index (χ3v) is 12.2. The van der Waals surface area contributed by atoms with Crippen molar-refractivity contribution in [3.63, 3.8) is 0 Å². The van der Waals surface area contributed by atoms with E-state index in [1.54, 1.807) is 27.0 Å². The van der Waals surface area contributed by atoms with E-state index in [2.05, 4.69) is 15.2 Å². The largest absolute Gasteiger partial charge is 0.481 e. The lowest BCUT2D eigenvalue weighted by Crippen LogP contribution is -2.59. The summed E-state index contributed by atoms with van der Waals surface area (Å²) in [5, 5.41) is 86.4. The van der Waals surface area contributed by atoms with Gasteiger partial charge in [-0.15, -0.1) is 0 Å². The molecule has 0 bridgehead atoms. The molecule has 384 valence electrons. The number of carboxylic acid groups (broad SMARTS) is 3. The van der Waals surface area contributed by atoms with Crippen molar-refractivity contribution < 1.29 is 74.2 Å². The van der Waals surface area contributed by atoms with E-state index in [1.165, 1.54) is 13.8 Å². The summed E-state index contributed by atoms with van der Waals surface area (Å²) in [5.41, 5.74) is -1.70. The molecule has 67 heavy (non-hydrogen) atoms. The molecule has 0 saturated carbocycles. The number of carbonyl (C=O) groups is 4. The number of aliphatic carboxylic acids is 3. The fourth-order valence-electron chi connectivity index (χ4n) is 8.68. The molecule has 2 saturated heterocycles. The summed E-state index contributed by atoms with van der Waals surface area (Å²) in [4.78, 5) is 49.1. The fraction of sp³-hybridized carbons (Fsp3) is 0.723. The average molecular weight is 976 g/mol. The van der Waals surface area contributed by atoms with Gasteiger partial charge in [0.15, 0.2) is 6.29 Å². The van der Waals surface area contributed by atoms with Crippen molar-refractivity contribution in [1.29, 1.82) is 0 Å². The number of esters is 1. The van der Waals surface area contributed by atoms with Gasteiger partial charge in [-0.3, -0.25) is 29.1 Å². The van der Waals surface area contributed by atoms with E-state index >= 15 is 0 Å². The smallest absolute Gasteiger partial charge is 0.311 e. The second-order valence-corrected chi connectivity index (χ2v) is 19.0. The number of halogens is 1. The Kier molecular flexibility index (Phi) is 25.6. The van der Waals surface area contributed by atoms with E-state index in [9.17, 15) is 30.3 Å². The number of ether oxygens (including phenoxy) is 3. The van der Waals surface area contributed by atoms with Gasteiger partial charge in [0.1, 0.15) is 23.9 Å². The van der Waals surface area contributed by atoms with E-state index in [1.807, 2.05) is 64.0 Å². The molecule has 2 fully saturated rings. The third kappa shape index (κ3) is 19.6. The molecule has 2 aromatic rings. The van der Waals surface area contributed by atoms with Crippen LogP contribution in [0.3, 0.4) is 0 Å². The van der Waals surface area contributed by atoms with Crippen LogP contribution in [0.4, 0.5) is 5.69 Å². The molecule has 20 heteroatoms. The van der Waals surface area contributed by atoms with E-state index in [-0.39, 0.29) is 30.9 Å². The summed E-state index contributed by atoms with van der Waals surface area (Å²) < 4.78 is 18.5. The number of aliphatic hydroxyl groups excluding tert-OH is 3. The molecule has 0 spiro atoms. The first-order chi connectivity index (χ1) is 30.9. The Morgan fingerprint density at radius 1 is 0.955 bits per heavy atom. The number of benzene rings is 1. The Labute approximate surface area is 400 Å². The number of carboxylic acids is 3. The monoisotopic (exact) mass is 975 g/mol. The first-order valence-electron chi connectivity index (χ1n) is 22.7. The van der Waals surface area contributed by atoms with Crippen LogP contribution < -0.4 is 5.32 Å². The molecule has 0 aliphatic carbocycles. The van der Waals surface area contributed by atoms with E-state index in [0.717, 1.165) is 37.4 Å². The molecule has 0 unspecified atom stereocenters. The summed E-state index contributed by atoms with van der Waals surface area (Å²) in [7, 11) is 3.76. The van der Waals surface area contributed by atoms with E-state index in [0.29, 0.717) is 37.5 Å². The third-order valence-electron chi connectivity index (χ3n) is 11.9. The van der Waals surface area contributed by atoms with Gasteiger partial charge in [0.05, 0.1) is 35.3 Å². The van der Waals surface area contributed by atoms with Gasteiger partial charge in [-0.25, -0.2) is 0 Å². The van der Waals surface area contributed by atoms with Gasteiger partial charge in [-0.2, -0.15) is 0 Å². The average Bonchev–Trinajstić information content (AvgIpc) is 3.20. The van der Waals surface area contributed by atoms with E-state index in [4.69, 9.17) is 55.5 Å². The van der Waals surface area contributed by atoms with Crippen LogP contribution in [0.5, 0.6) is 0 Å². The van der Waals surface area contributed by atoms with E-state index < -0.39 is 89.8 Å². The molecule has 9 N–H and O–H groups in total. The topological polar surface area (TPSA) is 289 Å². The van der Waals surface area contributed by atoms with Gasteiger partial charge in [0, 0.05) is 80.7 Å². The number of likely N-dealkylation sites (N-methyl/N-ethyl adjacent to an activating group) is 1. The van der Waals surface area contributed by atoms with Crippen LogP contribution in [0.1, 0.15) is 102 Å². The van der Waals surface area contributed by atoms with Crippen LogP contribution in [0, 0.1) is 17.8 Å². The standard InChI is InChI=1S/C41H67ClN4O9.3C2H4O2/c1-11-33-41(8,52)36(49)27(6)46(18-12-16-43-30-15-17-44-31-20-28(42)13-14-29(30)31)22-23(2)21-40(7,51)37(25(4)34(47)26(5)38(50)54-33)55-39-35(48)32(45(9)10)19-24(3)53-39;3*1-2(3)4/h13-15,17,20,23-27,32-37,39,47-49,51-52H,11-12,16,18-19,21-22H2,1-10H3,(H,43,44);3*1H3,(H,3,4)/t23-,24-,25+,26-,27-,32+,33-,34+,35-,36-,37-,39+,40-,41-;;;/m1.../s1. The predicted octanol–water partition coefficient (Wildman–Crippen LogP) is 4.32. The first kappa shape index (κ1) is 61.3. The van der Waals surface area contributed by atoms with Gasteiger partial charge in [-0.05, 0) is 105 Å². The normalized spacial score (nSPS) is 33.2. The number of nitrogens with one attached hydrogen (secondary N) is 1. The number of carbonyl (C=O) groups excluding carboxylic acids is 1. The Bertz CT molecular complexity index is 1810. The molecule has 0 amide bonds. The highest BCUT2D eigenvalue weighted by Crippen LogP contribution is 2.37. The van der Waals surface area contributed by atoms with Crippen LogP contribution in [-0.2, 0) is 33.4 Å². The maximum Gasteiger partial charge on any atom is 0.311 e. The van der Waals surface area contributed by atoms with Gasteiger partial charge < -0.3 is 65.3 Å². The number of hydrogen-bond donors (Lipinski definition) is 9. The van der Waals surface area contributed by atoms with Crippen molar-refractivity contribution in [2.45, 2.75) is 168 Å². The molecule has 1 aromatic heterocycles. The number of pyridine rings is 1. The highest BCUT2D eigenvalue weighted by atomic mass is 35.5. The molecule has 0 radical (unpaired) electrons.